The minimum Gasteiger partial charge on any atom is -0.497 e. The lowest BCUT2D eigenvalue weighted by atomic mass is 10.2. The molecule has 0 atom stereocenters. The van der Waals surface area contributed by atoms with Crippen molar-refractivity contribution in [3.05, 3.63) is 30.2 Å². The van der Waals surface area contributed by atoms with Gasteiger partial charge in [-0.15, -0.1) is 0 Å². The summed E-state index contributed by atoms with van der Waals surface area (Å²) < 4.78 is 9.92. The Bertz CT molecular complexity index is 484. The van der Waals surface area contributed by atoms with Crippen molar-refractivity contribution >= 4 is 16.7 Å². The first-order chi connectivity index (χ1) is 6.72. The van der Waals surface area contributed by atoms with Gasteiger partial charge in [0.05, 0.1) is 13.4 Å². The van der Waals surface area contributed by atoms with Crippen molar-refractivity contribution in [3.63, 3.8) is 0 Å². The lowest BCUT2D eigenvalue weighted by Gasteiger charge is -1.97. The number of benzene rings is 1. The third-order valence-corrected chi connectivity index (χ3v) is 2.00. The Balaban J connectivity index is 2.65. The van der Waals surface area contributed by atoms with Gasteiger partial charge < -0.3 is 14.3 Å². The molecule has 2 rings (SSSR count). The summed E-state index contributed by atoms with van der Waals surface area (Å²) in [5, 5.41) is 10.1. The van der Waals surface area contributed by atoms with E-state index in [0.717, 1.165) is 5.39 Å². The van der Waals surface area contributed by atoms with Crippen LogP contribution in [-0.4, -0.2) is 18.2 Å². The van der Waals surface area contributed by atoms with Gasteiger partial charge in [0.15, 0.2) is 0 Å². The zero-order valence-electron chi connectivity index (χ0n) is 7.48. The van der Waals surface area contributed by atoms with Crippen molar-refractivity contribution in [2.75, 3.05) is 7.11 Å². The zero-order valence-corrected chi connectivity index (χ0v) is 7.48. The van der Waals surface area contributed by atoms with E-state index >= 15 is 0 Å². The van der Waals surface area contributed by atoms with E-state index < -0.39 is 5.97 Å². The molecule has 0 spiro atoms. The molecule has 0 bridgehead atoms. The van der Waals surface area contributed by atoms with Gasteiger partial charge in [-0.25, -0.2) is 4.79 Å². The van der Waals surface area contributed by atoms with E-state index in [1.54, 1.807) is 25.3 Å². The van der Waals surface area contributed by atoms with Crippen molar-refractivity contribution in [3.8, 4) is 5.75 Å². The van der Waals surface area contributed by atoms with Crippen molar-refractivity contribution in [1.82, 2.24) is 0 Å². The van der Waals surface area contributed by atoms with Gasteiger partial charge in [-0.1, -0.05) is 0 Å². The van der Waals surface area contributed by atoms with Crippen LogP contribution in [0.15, 0.2) is 28.9 Å². The number of rotatable bonds is 2. The van der Waals surface area contributed by atoms with Crippen LogP contribution in [-0.2, 0) is 0 Å². The molecule has 0 unspecified atom stereocenters. The summed E-state index contributed by atoms with van der Waals surface area (Å²) in [6.07, 6.45) is 1.40. The van der Waals surface area contributed by atoms with E-state index in [1.807, 2.05) is 0 Å². The lowest BCUT2D eigenvalue weighted by molar-refractivity contribution is 0.0665. The van der Waals surface area contributed by atoms with Crippen LogP contribution in [0, 0.1) is 0 Å². The number of hydrogen-bond acceptors (Lipinski definition) is 3. The van der Waals surface area contributed by atoms with E-state index in [-0.39, 0.29) is 5.76 Å². The van der Waals surface area contributed by atoms with E-state index in [4.69, 9.17) is 14.3 Å². The normalized spacial score (nSPS) is 10.4. The molecule has 4 heteroatoms. The number of carbonyl (C=O) groups is 1. The Kier molecular flexibility index (Phi) is 1.89. The van der Waals surface area contributed by atoms with Crippen LogP contribution in [0.2, 0.25) is 0 Å². The Morgan fingerprint density at radius 2 is 2.29 bits per heavy atom. The summed E-state index contributed by atoms with van der Waals surface area (Å²) in [6.45, 7) is 0. The highest BCUT2D eigenvalue weighted by Gasteiger charge is 2.13. The van der Waals surface area contributed by atoms with Gasteiger partial charge in [-0.05, 0) is 18.2 Å². The zero-order chi connectivity index (χ0) is 10.1. The highest BCUT2D eigenvalue weighted by Crippen LogP contribution is 2.25. The molecule has 0 aliphatic heterocycles. The summed E-state index contributed by atoms with van der Waals surface area (Å²) in [6, 6.07) is 5.09. The van der Waals surface area contributed by atoms with Crippen LogP contribution in [0.4, 0.5) is 0 Å². The van der Waals surface area contributed by atoms with Crippen molar-refractivity contribution in [1.29, 1.82) is 0 Å². The number of carboxylic acid groups (broad SMARTS) is 1. The lowest BCUT2D eigenvalue weighted by Crippen LogP contribution is -1.93. The molecule has 4 nitrogen and oxygen atoms in total. The third-order valence-electron chi connectivity index (χ3n) is 2.00. The average Bonchev–Trinajstić information content (AvgIpc) is 2.59. The fourth-order valence-electron chi connectivity index (χ4n) is 1.32. The predicted octanol–water partition coefficient (Wildman–Crippen LogP) is 2.14. The monoisotopic (exact) mass is 192 g/mol. The maximum absolute atomic E-state index is 10.7. The first kappa shape index (κ1) is 8.62. The molecule has 0 fully saturated rings. The molecular formula is C10H8O4. The molecule has 1 N–H and O–H groups in total. The van der Waals surface area contributed by atoms with E-state index in [9.17, 15) is 4.79 Å². The number of furan rings is 1. The quantitative estimate of drug-likeness (QED) is 0.791. The second kappa shape index (κ2) is 3.06. The SMILES string of the molecule is COc1ccc2c(C(=O)O)occ2c1. The molecule has 1 heterocycles. The van der Waals surface area contributed by atoms with Gasteiger partial charge in [0, 0.05) is 10.8 Å². The van der Waals surface area contributed by atoms with Gasteiger partial charge in [0.25, 0.3) is 0 Å². The second-order valence-corrected chi connectivity index (χ2v) is 2.82. The highest BCUT2D eigenvalue weighted by molar-refractivity contribution is 6.01. The van der Waals surface area contributed by atoms with Crippen LogP contribution in [0.1, 0.15) is 10.6 Å². The van der Waals surface area contributed by atoms with Crippen molar-refractivity contribution in [2.24, 2.45) is 0 Å². The fourth-order valence-corrected chi connectivity index (χ4v) is 1.32. The smallest absolute Gasteiger partial charge is 0.372 e. The van der Waals surface area contributed by atoms with Crippen molar-refractivity contribution < 1.29 is 19.1 Å². The van der Waals surface area contributed by atoms with Crippen LogP contribution < -0.4 is 4.74 Å². The summed E-state index contributed by atoms with van der Waals surface area (Å²) >= 11 is 0. The third kappa shape index (κ3) is 1.21. The molecule has 1 aromatic carbocycles. The molecule has 0 aliphatic carbocycles. The number of carboxylic acids is 1. The molecule has 2 aromatic rings. The number of fused-ring (bicyclic) bond motifs is 1. The fraction of sp³-hybridized carbons (Fsp3) is 0.100. The van der Waals surface area contributed by atoms with E-state index in [1.165, 1.54) is 6.26 Å². The molecule has 0 amide bonds. The van der Waals surface area contributed by atoms with Crippen LogP contribution in [0.3, 0.4) is 0 Å². The standard InChI is InChI=1S/C10H8O4/c1-13-7-2-3-8-6(4-7)5-14-9(8)10(11)12/h2-5H,1H3,(H,11,12). The summed E-state index contributed by atoms with van der Waals surface area (Å²) in [4.78, 5) is 10.7. The molecular weight excluding hydrogens is 184 g/mol. The first-order valence-electron chi connectivity index (χ1n) is 4.01. The molecule has 0 aliphatic rings. The van der Waals surface area contributed by atoms with Crippen molar-refractivity contribution in [2.45, 2.75) is 0 Å². The Morgan fingerprint density at radius 1 is 1.50 bits per heavy atom. The molecule has 0 radical (unpaired) electrons. The number of ether oxygens (including phenoxy) is 1. The minimum atomic E-state index is -1.06. The average molecular weight is 192 g/mol. The number of hydrogen-bond donors (Lipinski definition) is 1. The largest absolute Gasteiger partial charge is 0.497 e. The topological polar surface area (TPSA) is 59.7 Å². The van der Waals surface area contributed by atoms with E-state index in [2.05, 4.69) is 0 Å². The predicted molar refractivity (Wildman–Crippen MR) is 49.7 cm³/mol. The van der Waals surface area contributed by atoms with Crippen LogP contribution in [0.25, 0.3) is 10.8 Å². The summed E-state index contributed by atoms with van der Waals surface area (Å²) in [5.41, 5.74) is 0. The Morgan fingerprint density at radius 3 is 2.93 bits per heavy atom. The summed E-state index contributed by atoms with van der Waals surface area (Å²) in [5.74, 6) is -0.428. The maximum atomic E-state index is 10.7. The minimum absolute atomic E-state index is 0.0392. The second-order valence-electron chi connectivity index (χ2n) is 2.82. The van der Waals surface area contributed by atoms with Crippen LogP contribution >= 0.6 is 0 Å². The van der Waals surface area contributed by atoms with Gasteiger partial charge >= 0.3 is 5.97 Å². The van der Waals surface area contributed by atoms with E-state index in [0.29, 0.717) is 11.1 Å². The molecule has 72 valence electrons. The Hall–Kier alpha value is -1.97. The van der Waals surface area contributed by atoms with Gasteiger partial charge in [-0.3, -0.25) is 0 Å². The highest BCUT2D eigenvalue weighted by atomic mass is 16.5. The summed E-state index contributed by atoms with van der Waals surface area (Å²) in [7, 11) is 1.55. The molecule has 0 saturated carbocycles. The van der Waals surface area contributed by atoms with Crippen LogP contribution in [0.5, 0.6) is 5.75 Å². The van der Waals surface area contributed by atoms with Gasteiger partial charge in [-0.2, -0.15) is 0 Å². The number of methoxy groups -OCH3 is 1. The molecule has 0 saturated heterocycles. The molecule has 1 aromatic heterocycles. The van der Waals surface area contributed by atoms with Gasteiger partial charge in [0.1, 0.15) is 5.75 Å². The Labute approximate surface area is 79.7 Å². The maximum Gasteiger partial charge on any atom is 0.372 e. The number of aromatic carboxylic acids is 1. The van der Waals surface area contributed by atoms with Gasteiger partial charge in [0.2, 0.25) is 5.76 Å². The first-order valence-corrected chi connectivity index (χ1v) is 4.01. The molecule has 14 heavy (non-hydrogen) atoms.